The highest BCUT2D eigenvalue weighted by Crippen LogP contribution is 2.30. The van der Waals surface area contributed by atoms with E-state index < -0.39 is 0 Å². The first kappa shape index (κ1) is 19.8. The van der Waals surface area contributed by atoms with Crippen LogP contribution in [0.1, 0.15) is 28.7 Å². The number of fused-ring (bicyclic) bond motifs is 1. The van der Waals surface area contributed by atoms with E-state index in [9.17, 15) is 4.79 Å². The number of nitrogens with one attached hydrogen (secondary N) is 1. The lowest BCUT2D eigenvalue weighted by atomic mass is 10.3. The van der Waals surface area contributed by atoms with E-state index >= 15 is 0 Å². The number of nitrogens with zero attached hydrogens (tertiary/aromatic N) is 3. The van der Waals surface area contributed by atoms with Crippen LogP contribution in [0.25, 0.3) is 21.6 Å². The lowest BCUT2D eigenvalue weighted by Crippen LogP contribution is -2.16. The number of aromatic nitrogens is 3. The molecule has 0 fully saturated rings. The SMILES string of the molecule is CCOCCCn1c(NC(=O)c2sc(-c3ccsc3)nc2C)nc2ccccc21. The van der Waals surface area contributed by atoms with Crippen molar-refractivity contribution in [2.45, 2.75) is 26.8 Å². The van der Waals surface area contributed by atoms with Crippen molar-refractivity contribution >= 4 is 45.6 Å². The fourth-order valence-electron chi connectivity index (χ4n) is 3.14. The molecule has 0 spiro atoms. The second-order valence-electron chi connectivity index (χ2n) is 6.53. The monoisotopic (exact) mass is 426 g/mol. The van der Waals surface area contributed by atoms with Crippen molar-refractivity contribution in [3.8, 4) is 10.6 Å². The quantitative estimate of drug-likeness (QED) is 0.393. The van der Waals surface area contributed by atoms with Crippen LogP contribution in [-0.4, -0.2) is 33.7 Å². The van der Waals surface area contributed by atoms with Gasteiger partial charge in [0, 0.05) is 30.7 Å². The molecule has 1 amide bonds. The van der Waals surface area contributed by atoms with Gasteiger partial charge in [-0.2, -0.15) is 11.3 Å². The van der Waals surface area contributed by atoms with Crippen molar-refractivity contribution in [3.05, 3.63) is 51.7 Å². The van der Waals surface area contributed by atoms with Gasteiger partial charge in [-0.25, -0.2) is 9.97 Å². The van der Waals surface area contributed by atoms with Gasteiger partial charge in [-0.15, -0.1) is 11.3 Å². The van der Waals surface area contributed by atoms with Crippen LogP contribution in [0.2, 0.25) is 0 Å². The first-order valence-electron chi connectivity index (χ1n) is 9.51. The van der Waals surface area contributed by atoms with Crippen LogP contribution in [0, 0.1) is 6.92 Å². The van der Waals surface area contributed by atoms with Crippen LogP contribution in [0.4, 0.5) is 5.95 Å². The molecule has 150 valence electrons. The molecule has 0 aliphatic carbocycles. The Balaban J connectivity index is 1.59. The number of para-hydroxylation sites is 2. The third-order valence-electron chi connectivity index (χ3n) is 4.53. The van der Waals surface area contributed by atoms with Gasteiger partial charge in [0.2, 0.25) is 5.95 Å². The summed E-state index contributed by atoms with van der Waals surface area (Å²) in [5.74, 6) is 0.375. The van der Waals surface area contributed by atoms with E-state index in [1.165, 1.54) is 11.3 Å². The van der Waals surface area contributed by atoms with Gasteiger partial charge in [0.1, 0.15) is 9.88 Å². The molecule has 0 aliphatic heterocycles. The van der Waals surface area contributed by atoms with Gasteiger partial charge in [0.25, 0.3) is 5.91 Å². The Labute approximate surface area is 177 Å². The number of aryl methyl sites for hydroxylation is 2. The number of imidazole rings is 1. The fourth-order valence-corrected chi connectivity index (χ4v) is 4.81. The Bertz CT molecular complexity index is 1120. The van der Waals surface area contributed by atoms with E-state index in [0.717, 1.165) is 40.3 Å². The minimum atomic E-state index is -0.178. The number of carbonyl (C=O) groups excluding carboxylic acids is 1. The standard InChI is InChI=1S/C21H22N4O2S2/c1-3-27-11-6-10-25-17-8-5-4-7-16(17)23-21(25)24-19(26)18-14(2)22-20(29-18)15-9-12-28-13-15/h4-5,7-9,12-13H,3,6,10-11H2,1-2H3,(H,23,24,26). The number of thiophene rings is 1. The molecule has 4 rings (SSSR count). The highest BCUT2D eigenvalue weighted by Gasteiger charge is 2.19. The second kappa shape index (κ2) is 8.86. The lowest BCUT2D eigenvalue weighted by Gasteiger charge is -2.10. The normalized spacial score (nSPS) is 11.2. The zero-order valence-corrected chi connectivity index (χ0v) is 18.0. The minimum absolute atomic E-state index is 0.178. The first-order chi connectivity index (χ1) is 14.2. The van der Waals surface area contributed by atoms with Crippen molar-refractivity contribution in [1.82, 2.24) is 14.5 Å². The third-order valence-corrected chi connectivity index (χ3v) is 6.41. The van der Waals surface area contributed by atoms with Gasteiger partial charge < -0.3 is 9.30 Å². The van der Waals surface area contributed by atoms with E-state index in [2.05, 4.69) is 15.3 Å². The average Bonchev–Trinajstić information content (AvgIpc) is 3.44. The summed E-state index contributed by atoms with van der Waals surface area (Å²) in [5, 5.41) is 7.91. The number of thiazole rings is 1. The number of carbonyl (C=O) groups is 1. The van der Waals surface area contributed by atoms with Crippen LogP contribution in [0.15, 0.2) is 41.1 Å². The highest BCUT2D eigenvalue weighted by molar-refractivity contribution is 7.17. The van der Waals surface area contributed by atoms with Gasteiger partial charge in [-0.1, -0.05) is 12.1 Å². The van der Waals surface area contributed by atoms with Crippen LogP contribution in [0.3, 0.4) is 0 Å². The largest absolute Gasteiger partial charge is 0.382 e. The average molecular weight is 427 g/mol. The molecule has 0 atom stereocenters. The summed E-state index contributed by atoms with van der Waals surface area (Å²) in [6.07, 6.45) is 0.846. The molecular weight excluding hydrogens is 404 g/mol. The molecule has 3 aromatic heterocycles. The molecule has 3 heterocycles. The van der Waals surface area contributed by atoms with E-state index in [4.69, 9.17) is 4.74 Å². The molecule has 0 saturated carbocycles. The maximum atomic E-state index is 13.0. The van der Waals surface area contributed by atoms with Crippen molar-refractivity contribution in [2.24, 2.45) is 0 Å². The summed E-state index contributed by atoms with van der Waals surface area (Å²) in [5.41, 5.74) is 3.64. The molecule has 1 aromatic carbocycles. The predicted molar refractivity (Wildman–Crippen MR) is 119 cm³/mol. The molecule has 0 aliphatic rings. The van der Waals surface area contributed by atoms with E-state index in [-0.39, 0.29) is 5.91 Å². The summed E-state index contributed by atoms with van der Waals surface area (Å²) in [6.45, 7) is 5.95. The summed E-state index contributed by atoms with van der Waals surface area (Å²) >= 11 is 3.03. The summed E-state index contributed by atoms with van der Waals surface area (Å²) in [7, 11) is 0. The van der Waals surface area contributed by atoms with Crippen LogP contribution in [0.5, 0.6) is 0 Å². The third kappa shape index (κ3) is 4.24. The number of hydrogen-bond donors (Lipinski definition) is 1. The molecule has 0 saturated heterocycles. The maximum Gasteiger partial charge on any atom is 0.269 e. The van der Waals surface area contributed by atoms with Gasteiger partial charge in [-0.3, -0.25) is 10.1 Å². The van der Waals surface area contributed by atoms with Crippen molar-refractivity contribution in [3.63, 3.8) is 0 Å². The number of benzene rings is 1. The summed E-state index contributed by atoms with van der Waals surface area (Å²) < 4.78 is 7.51. The second-order valence-corrected chi connectivity index (χ2v) is 8.31. The van der Waals surface area contributed by atoms with Gasteiger partial charge >= 0.3 is 0 Å². The number of amides is 1. The topological polar surface area (TPSA) is 69.0 Å². The number of anilines is 1. The molecule has 1 N–H and O–H groups in total. The predicted octanol–water partition coefficient (Wildman–Crippen LogP) is 5.21. The lowest BCUT2D eigenvalue weighted by molar-refractivity contribution is 0.102. The van der Waals surface area contributed by atoms with E-state index in [1.807, 2.05) is 59.5 Å². The maximum absolute atomic E-state index is 13.0. The first-order valence-corrected chi connectivity index (χ1v) is 11.3. The van der Waals surface area contributed by atoms with Crippen molar-refractivity contribution < 1.29 is 9.53 Å². The van der Waals surface area contributed by atoms with Crippen LogP contribution >= 0.6 is 22.7 Å². The Morgan fingerprint density at radius 3 is 2.90 bits per heavy atom. The van der Waals surface area contributed by atoms with E-state index in [0.29, 0.717) is 24.0 Å². The Morgan fingerprint density at radius 2 is 2.10 bits per heavy atom. The molecule has 29 heavy (non-hydrogen) atoms. The minimum Gasteiger partial charge on any atom is -0.382 e. The smallest absolute Gasteiger partial charge is 0.269 e. The number of rotatable bonds is 8. The Hall–Kier alpha value is -2.55. The molecule has 8 heteroatoms. The molecule has 4 aromatic rings. The molecule has 0 bridgehead atoms. The molecule has 6 nitrogen and oxygen atoms in total. The summed E-state index contributed by atoms with van der Waals surface area (Å²) in [6, 6.07) is 9.92. The van der Waals surface area contributed by atoms with Crippen molar-refractivity contribution in [2.75, 3.05) is 18.5 Å². The Morgan fingerprint density at radius 1 is 1.24 bits per heavy atom. The molecule has 0 unspecified atom stereocenters. The molecule has 0 radical (unpaired) electrons. The van der Waals surface area contributed by atoms with Gasteiger partial charge in [0.05, 0.1) is 16.7 Å². The summed E-state index contributed by atoms with van der Waals surface area (Å²) in [4.78, 5) is 22.8. The van der Waals surface area contributed by atoms with E-state index in [1.54, 1.807) is 11.3 Å². The fraction of sp³-hybridized carbons (Fsp3) is 0.286. The van der Waals surface area contributed by atoms with Crippen molar-refractivity contribution in [1.29, 1.82) is 0 Å². The zero-order valence-electron chi connectivity index (χ0n) is 16.3. The number of hydrogen-bond acceptors (Lipinski definition) is 6. The van der Waals surface area contributed by atoms with Gasteiger partial charge in [0.15, 0.2) is 0 Å². The Kier molecular flexibility index (Phi) is 6.03. The highest BCUT2D eigenvalue weighted by atomic mass is 32.1. The number of ether oxygens (including phenoxy) is 1. The zero-order chi connectivity index (χ0) is 20.2. The van der Waals surface area contributed by atoms with Crippen LogP contribution < -0.4 is 5.32 Å². The molecular formula is C21H22N4O2S2. The van der Waals surface area contributed by atoms with Gasteiger partial charge in [-0.05, 0) is 43.8 Å². The van der Waals surface area contributed by atoms with Crippen LogP contribution in [-0.2, 0) is 11.3 Å².